The zero-order chi connectivity index (χ0) is 19.2. The van der Waals surface area contributed by atoms with Crippen LogP contribution in [-0.2, 0) is 4.79 Å². The summed E-state index contributed by atoms with van der Waals surface area (Å²) in [6, 6.07) is 14.1. The number of carbonyl (C=O) groups excluding carboxylic acids is 2. The van der Waals surface area contributed by atoms with Crippen LogP contribution in [-0.4, -0.2) is 28.6 Å². The molecule has 0 aliphatic carbocycles. The Kier molecular flexibility index (Phi) is 5.46. The smallest absolute Gasteiger partial charge is 0.290 e. The molecule has 0 spiro atoms. The molecule has 1 heterocycles. The van der Waals surface area contributed by atoms with E-state index in [4.69, 9.17) is 4.74 Å². The standard InChI is InChI=1S/C19H18N4O4/c1-12-5-4-6-13(11-12)27-10-9-16(24)20-23-19(26)17-14-7-2-3-8-15(14)18(25)22-21-17/h2-8,11H,9-10H2,1H3,(H,20,24)(H,22,25)(H,23,26). The summed E-state index contributed by atoms with van der Waals surface area (Å²) in [5, 5.41) is 6.78. The van der Waals surface area contributed by atoms with Crippen LogP contribution in [0.5, 0.6) is 5.75 Å². The van der Waals surface area contributed by atoms with Crippen molar-refractivity contribution in [1.29, 1.82) is 0 Å². The molecule has 0 radical (unpaired) electrons. The van der Waals surface area contributed by atoms with E-state index in [1.165, 1.54) is 0 Å². The quantitative estimate of drug-likeness (QED) is 0.592. The highest BCUT2D eigenvalue weighted by Gasteiger charge is 2.14. The van der Waals surface area contributed by atoms with E-state index >= 15 is 0 Å². The summed E-state index contributed by atoms with van der Waals surface area (Å²) in [6.45, 7) is 2.12. The van der Waals surface area contributed by atoms with E-state index < -0.39 is 11.8 Å². The number of aryl methyl sites for hydroxylation is 1. The van der Waals surface area contributed by atoms with Gasteiger partial charge in [-0.2, -0.15) is 5.10 Å². The molecule has 3 rings (SSSR count). The summed E-state index contributed by atoms with van der Waals surface area (Å²) >= 11 is 0. The first kappa shape index (κ1) is 18.1. The number of nitrogens with one attached hydrogen (secondary N) is 3. The third-order valence-electron chi connectivity index (χ3n) is 3.81. The molecule has 0 unspecified atom stereocenters. The second-order valence-corrected chi connectivity index (χ2v) is 5.86. The Labute approximate surface area is 154 Å². The van der Waals surface area contributed by atoms with Gasteiger partial charge in [-0.1, -0.05) is 30.3 Å². The Balaban J connectivity index is 1.54. The lowest BCUT2D eigenvalue weighted by Gasteiger charge is -2.09. The van der Waals surface area contributed by atoms with Crippen LogP contribution in [0, 0.1) is 6.92 Å². The largest absolute Gasteiger partial charge is 0.493 e. The van der Waals surface area contributed by atoms with Gasteiger partial charge < -0.3 is 4.74 Å². The molecule has 8 nitrogen and oxygen atoms in total. The first-order chi connectivity index (χ1) is 13.0. The number of ether oxygens (including phenoxy) is 1. The minimum atomic E-state index is -0.629. The molecule has 3 aromatic rings. The minimum absolute atomic E-state index is 0.0153. The number of hydrogen-bond acceptors (Lipinski definition) is 5. The van der Waals surface area contributed by atoms with Crippen LogP contribution in [0.25, 0.3) is 10.8 Å². The highest BCUT2D eigenvalue weighted by atomic mass is 16.5. The van der Waals surface area contributed by atoms with Gasteiger partial charge in [-0.3, -0.25) is 25.2 Å². The van der Waals surface area contributed by atoms with Gasteiger partial charge in [0.15, 0.2) is 5.69 Å². The maximum atomic E-state index is 12.3. The number of aromatic nitrogens is 2. The van der Waals surface area contributed by atoms with Gasteiger partial charge in [0.1, 0.15) is 5.75 Å². The lowest BCUT2D eigenvalue weighted by atomic mass is 10.1. The lowest BCUT2D eigenvalue weighted by Crippen LogP contribution is -2.42. The van der Waals surface area contributed by atoms with Crippen LogP contribution in [0.1, 0.15) is 22.5 Å². The zero-order valence-corrected chi connectivity index (χ0v) is 14.6. The lowest BCUT2D eigenvalue weighted by molar-refractivity contribution is -0.122. The second kappa shape index (κ2) is 8.13. The number of benzene rings is 2. The number of carbonyl (C=O) groups is 2. The molecule has 1 aromatic heterocycles. The molecular formula is C19H18N4O4. The minimum Gasteiger partial charge on any atom is -0.493 e. The Morgan fingerprint density at radius 3 is 2.63 bits per heavy atom. The van der Waals surface area contributed by atoms with Gasteiger partial charge >= 0.3 is 0 Å². The van der Waals surface area contributed by atoms with Crippen molar-refractivity contribution in [2.24, 2.45) is 0 Å². The van der Waals surface area contributed by atoms with Gasteiger partial charge in [-0.15, -0.1) is 0 Å². The van der Waals surface area contributed by atoms with Gasteiger partial charge in [0.2, 0.25) is 5.91 Å². The molecule has 2 aromatic carbocycles. The molecule has 0 saturated heterocycles. The third kappa shape index (κ3) is 4.49. The molecule has 0 bridgehead atoms. The topological polar surface area (TPSA) is 113 Å². The van der Waals surface area contributed by atoms with Crippen LogP contribution < -0.4 is 21.1 Å². The molecule has 27 heavy (non-hydrogen) atoms. The molecule has 0 aliphatic rings. The van der Waals surface area contributed by atoms with Crippen molar-refractivity contribution < 1.29 is 14.3 Å². The average Bonchev–Trinajstić information content (AvgIpc) is 2.67. The SMILES string of the molecule is Cc1cccc(OCCC(=O)NNC(=O)c2n[nH]c(=O)c3ccccc23)c1. The molecule has 0 atom stereocenters. The van der Waals surface area contributed by atoms with Crippen molar-refractivity contribution in [3.63, 3.8) is 0 Å². The predicted octanol–water partition coefficient (Wildman–Crippen LogP) is 1.46. The van der Waals surface area contributed by atoms with Gasteiger partial charge in [0.05, 0.1) is 18.4 Å². The van der Waals surface area contributed by atoms with Crippen molar-refractivity contribution >= 4 is 22.6 Å². The second-order valence-electron chi connectivity index (χ2n) is 5.86. The van der Waals surface area contributed by atoms with Crippen molar-refractivity contribution in [3.8, 4) is 5.75 Å². The maximum absolute atomic E-state index is 12.3. The predicted molar refractivity (Wildman–Crippen MR) is 99.3 cm³/mol. The Bertz CT molecular complexity index is 1050. The summed E-state index contributed by atoms with van der Waals surface area (Å²) in [5.74, 6) is -0.365. The van der Waals surface area contributed by atoms with Gasteiger partial charge in [0, 0.05) is 5.39 Å². The fraction of sp³-hybridized carbons (Fsp3) is 0.158. The fourth-order valence-corrected chi connectivity index (χ4v) is 2.50. The Morgan fingerprint density at radius 1 is 1.07 bits per heavy atom. The van der Waals surface area contributed by atoms with Crippen LogP contribution in [0.3, 0.4) is 0 Å². The van der Waals surface area contributed by atoms with Crippen molar-refractivity contribution in [2.75, 3.05) is 6.61 Å². The molecular weight excluding hydrogens is 348 g/mol. The number of hydrazine groups is 1. The zero-order valence-electron chi connectivity index (χ0n) is 14.6. The number of amides is 2. The summed E-state index contributed by atoms with van der Waals surface area (Å²) in [4.78, 5) is 35.9. The first-order valence-electron chi connectivity index (χ1n) is 8.30. The number of fused-ring (bicyclic) bond motifs is 1. The van der Waals surface area contributed by atoms with E-state index in [0.29, 0.717) is 16.5 Å². The molecule has 0 aliphatic heterocycles. The first-order valence-corrected chi connectivity index (χ1v) is 8.30. The van der Waals surface area contributed by atoms with Crippen molar-refractivity contribution in [2.45, 2.75) is 13.3 Å². The molecule has 3 N–H and O–H groups in total. The number of hydrogen-bond donors (Lipinski definition) is 3. The molecule has 0 saturated carbocycles. The molecule has 0 fully saturated rings. The number of aromatic amines is 1. The van der Waals surface area contributed by atoms with Gasteiger partial charge in [-0.25, -0.2) is 5.10 Å². The van der Waals surface area contributed by atoms with Crippen LogP contribution in [0.2, 0.25) is 0 Å². The Hall–Kier alpha value is -3.68. The number of nitrogens with zero attached hydrogens (tertiary/aromatic N) is 1. The summed E-state index contributed by atoms with van der Waals surface area (Å²) < 4.78 is 5.49. The van der Waals surface area contributed by atoms with Crippen LogP contribution >= 0.6 is 0 Å². The van der Waals surface area contributed by atoms with E-state index in [1.54, 1.807) is 30.3 Å². The van der Waals surface area contributed by atoms with E-state index in [0.717, 1.165) is 5.56 Å². The summed E-state index contributed by atoms with van der Waals surface area (Å²) in [7, 11) is 0. The summed E-state index contributed by atoms with van der Waals surface area (Å²) in [5.41, 5.74) is 5.28. The molecule has 8 heteroatoms. The summed E-state index contributed by atoms with van der Waals surface area (Å²) in [6.07, 6.45) is 0.0635. The Morgan fingerprint density at radius 2 is 1.85 bits per heavy atom. The van der Waals surface area contributed by atoms with E-state index in [1.807, 2.05) is 25.1 Å². The highest BCUT2D eigenvalue weighted by molar-refractivity contribution is 6.05. The normalized spacial score (nSPS) is 10.4. The van der Waals surface area contributed by atoms with Crippen molar-refractivity contribution in [3.05, 3.63) is 70.1 Å². The monoisotopic (exact) mass is 366 g/mol. The number of H-pyrrole nitrogens is 1. The van der Waals surface area contributed by atoms with Gasteiger partial charge in [-0.05, 0) is 30.7 Å². The molecule has 138 valence electrons. The van der Waals surface area contributed by atoms with Crippen molar-refractivity contribution in [1.82, 2.24) is 21.0 Å². The highest BCUT2D eigenvalue weighted by Crippen LogP contribution is 2.13. The van der Waals surface area contributed by atoms with Crippen LogP contribution in [0.4, 0.5) is 0 Å². The fourth-order valence-electron chi connectivity index (χ4n) is 2.50. The maximum Gasteiger partial charge on any atom is 0.290 e. The van der Waals surface area contributed by atoms with E-state index in [9.17, 15) is 14.4 Å². The van der Waals surface area contributed by atoms with E-state index in [2.05, 4.69) is 21.0 Å². The average molecular weight is 366 g/mol. The van der Waals surface area contributed by atoms with E-state index in [-0.39, 0.29) is 24.3 Å². The van der Waals surface area contributed by atoms with Crippen LogP contribution in [0.15, 0.2) is 53.3 Å². The molecule has 2 amide bonds. The van der Waals surface area contributed by atoms with Gasteiger partial charge in [0.25, 0.3) is 11.5 Å². The third-order valence-corrected chi connectivity index (χ3v) is 3.81. The number of rotatable bonds is 5.